The summed E-state index contributed by atoms with van der Waals surface area (Å²) in [5, 5.41) is 2.85. The first-order valence-corrected chi connectivity index (χ1v) is 21.1. The SMILES string of the molecule is Cc1cc(N(c2ccc3c(c2)C(C)(C)CCC3(C)C)c2ccc3c(c2)C(C)(C)CCC3(C)C)cc(N(c2cccc(Cl)c2)c2cccc3oc4ccccc4c23)c1. The number of anilines is 6. The van der Waals surface area contributed by atoms with Crippen LogP contribution in [0, 0.1) is 6.92 Å². The molecule has 0 bridgehead atoms. The van der Waals surface area contributed by atoms with Crippen molar-refractivity contribution < 1.29 is 4.42 Å². The molecule has 1 aromatic heterocycles. The third kappa shape index (κ3) is 6.43. The average Bonchev–Trinajstić information content (AvgIpc) is 3.55. The van der Waals surface area contributed by atoms with Crippen LogP contribution in [0.15, 0.2) is 126 Å². The van der Waals surface area contributed by atoms with Crippen molar-refractivity contribution in [2.24, 2.45) is 0 Å². The van der Waals surface area contributed by atoms with Gasteiger partial charge in [-0.25, -0.2) is 0 Å². The molecule has 0 saturated heterocycles. The molecule has 0 unspecified atom stereocenters. The fourth-order valence-electron chi connectivity index (χ4n) is 9.86. The Kier molecular flexibility index (Phi) is 8.76. The highest BCUT2D eigenvalue weighted by Crippen LogP contribution is 2.52. The molecule has 0 aliphatic heterocycles. The first kappa shape index (κ1) is 37.6. The Labute approximate surface area is 344 Å². The van der Waals surface area contributed by atoms with Crippen LogP contribution in [0.5, 0.6) is 0 Å². The molecule has 57 heavy (non-hydrogen) atoms. The van der Waals surface area contributed by atoms with Gasteiger partial charge in [0.25, 0.3) is 0 Å². The first-order valence-electron chi connectivity index (χ1n) is 20.7. The lowest BCUT2D eigenvalue weighted by Gasteiger charge is -2.43. The van der Waals surface area contributed by atoms with Crippen molar-refractivity contribution in [1.29, 1.82) is 0 Å². The highest BCUT2D eigenvalue weighted by molar-refractivity contribution is 6.31. The monoisotopic (exact) mass is 770 g/mol. The van der Waals surface area contributed by atoms with Gasteiger partial charge in [0.1, 0.15) is 11.2 Å². The van der Waals surface area contributed by atoms with E-state index in [1.807, 2.05) is 24.3 Å². The molecule has 7 aromatic rings. The van der Waals surface area contributed by atoms with E-state index in [0.717, 1.165) is 57.5 Å². The Hall–Kier alpha value is -4.99. The Morgan fingerprint density at radius 2 is 0.965 bits per heavy atom. The van der Waals surface area contributed by atoms with Gasteiger partial charge in [-0.15, -0.1) is 0 Å². The van der Waals surface area contributed by atoms with E-state index in [4.69, 9.17) is 16.0 Å². The van der Waals surface area contributed by atoms with Crippen LogP contribution in [0.25, 0.3) is 21.9 Å². The number of aryl methyl sites for hydroxylation is 1. The van der Waals surface area contributed by atoms with E-state index >= 15 is 0 Å². The molecular formula is C53H55ClN2O. The third-order valence-electron chi connectivity index (χ3n) is 13.4. The lowest BCUT2D eigenvalue weighted by atomic mass is 9.63. The van der Waals surface area contributed by atoms with Crippen LogP contribution in [0.2, 0.25) is 5.02 Å². The van der Waals surface area contributed by atoms with Crippen LogP contribution in [0.1, 0.15) is 109 Å². The van der Waals surface area contributed by atoms with E-state index in [-0.39, 0.29) is 21.7 Å². The topological polar surface area (TPSA) is 19.6 Å². The number of furan rings is 1. The van der Waals surface area contributed by atoms with Gasteiger partial charge in [-0.3, -0.25) is 0 Å². The number of hydrogen-bond donors (Lipinski definition) is 0. The molecule has 0 saturated carbocycles. The number of para-hydroxylation sites is 1. The van der Waals surface area contributed by atoms with Crippen molar-refractivity contribution >= 4 is 67.7 Å². The summed E-state index contributed by atoms with van der Waals surface area (Å²) in [5.41, 5.74) is 15.7. The minimum atomic E-state index is 0.0710. The fourth-order valence-corrected chi connectivity index (χ4v) is 10.0. The Morgan fingerprint density at radius 3 is 1.56 bits per heavy atom. The van der Waals surface area contributed by atoms with Crippen molar-refractivity contribution in [2.45, 2.75) is 110 Å². The highest BCUT2D eigenvalue weighted by atomic mass is 35.5. The molecule has 4 heteroatoms. The maximum atomic E-state index is 6.78. The number of nitrogens with zero attached hydrogens (tertiary/aromatic N) is 2. The van der Waals surface area contributed by atoms with Gasteiger partial charge in [-0.05, 0) is 161 Å². The lowest BCUT2D eigenvalue weighted by Crippen LogP contribution is -2.34. The van der Waals surface area contributed by atoms with Gasteiger partial charge in [0.05, 0.1) is 11.1 Å². The Bertz CT molecular complexity index is 2610. The lowest BCUT2D eigenvalue weighted by molar-refractivity contribution is 0.332. The zero-order chi connectivity index (χ0) is 40.1. The molecule has 9 rings (SSSR count). The average molecular weight is 771 g/mol. The molecule has 0 fully saturated rings. The molecule has 0 amide bonds. The molecule has 0 N–H and O–H groups in total. The molecule has 290 valence electrons. The number of benzene rings is 6. The summed E-state index contributed by atoms with van der Waals surface area (Å²) in [6, 6.07) is 44.4. The largest absolute Gasteiger partial charge is 0.456 e. The summed E-state index contributed by atoms with van der Waals surface area (Å²) < 4.78 is 6.43. The van der Waals surface area contributed by atoms with Gasteiger partial charge >= 0.3 is 0 Å². The van der Waals surface area contributed by atoms with E-state index in [1.54, 1.807) is 0 Å². The summed E-state index contributed by atoms with van der Waals surface area (Å²) in [5.74, 6) is 0. The first-order chi connectivity index (χ1) is 27.0. The summed E-state index contributed by atoms with van der Waals surface area (Å²) in [7, 11) is 0. The second-order valence-corrected chi connectivity index (χ2v) is 19.9. The van der Waals surface area contributed by atoms with E-state index in [0.29, 0.717) is 5.02 Å². The van der Waals surface area contributed by atoms with Crippen molar-refractivity contribution in [2.75, 3.05) is 9.80 Å². The van der Waals surface area contributed by atoms with Gasteiger partial charge in [0, 0.05) is 38.8 Å². The van der Waals surface area contributed by atoms with E-state index in [1.165, 1.54) is 52.0 Å². The standard InChI is InChI=1S/C53H55ClN2O/c1-34-28-39(31-40(29-34)56(36-15-12-14-35(54)30-36)46-17-13-19-48-49(46)41-16-10-11-18-47(41)57-48)55(37-20-22-42-44(32-37)52(6,7)26-24-50(42,2)3)38-21-23-43-45(33-38)53(8,9)27-25-51(43,4)5/h10-23,28-33H,24-27H2,1-9H3. The zero-order valence-electron chi connectivity index (χ0n) is 35.1. The summed E-state index contributed by atoms with van der Waals surface area (Å²) in [4.78, 5) is 4.86. The number of halogens is 1. The minimum absolute atomic E-state index is 0.0710. The van der Waals surface area contributed by atoms with Crippen molar-refractivity contribution in [3.05, 3.63) is 154 Å². The number of rotatable bonds is 6. The van der Waals surface area contributed by atoms with E-state index in [2.05, 4.69) is 169 Å². The molecule has 0 spiro atoms. The quantitative estimate of drug-likeness (QED) is 0.168. The molecule has 6 aromatic carbocycles. The Balaban J connectivity index is 1.30. The van der Waals surface area contributed by atoms with Crippen LogP contribution in [0.3, 0.4) is 0 Å². The molecule has 2 aliphatic carbocycles. The van der Waals surface area contributed by atoms with Crippen molar-refractivity contribution in [3.8, 4) is 0 Å². The van der Waals surface area contributed by atoms with Crippen LogP contribution >= 0.6 is 11.6 Å². The smallest absolute Gasteiger partial charge is 0.137 e. The summed E-state index contributed by atoms with van der Waals surface area (Å²) >= 11 is 6.78. The molecule has 2 aliphatic rings. The van der Waals surface area contributed by atoms with Crippen molar-refractivity contribution in [1.82, 2.24) is 0 Å². The summed E-state index contributed by atoms with van der Waals surface area (Å²) in [6.07, 6.45) is 4.70. The maximum absolute atomic E-state index is 6.78. The predicted molar refractivity (Wildman–Crippen MR) is 243 cm³/mol. The Morgan fingerprint density at radius 1 is 0.456 bits per heavy atom. The van der Waals surface area contributed by atoms with Crippen molar-refractivity contribution in [3.63, 3.8) is 0 Å². The maximum Gasteiger partial charge on any atom is 0.137 e. The van der Waals surface area contributed by atoms with Gasteiger partial charge in [0.2, 0.25) is 0 Å². The van der Waals surface area contributed by atoms with Crippen LogP contribution in [0.4, 0.5) is 34.1 Å². The molecule has 0 radical (unpaired) electrons. The van der Waals surface area contributed by atoms with Gasteiger partial charge < -0.3 is 14.2 Å². The molecule has 1 heterocycles. The third-order valence-corrected chi connectivity index (χ3v) is 13.7. The van der Waals surface area contributed by atoms with E-state index < -0.39 is 0 Å². The molecule has 3 nitrogen and oxygen atoms in total. The van der Waals surface area contributed by atoms with Crippen LogP contribution in [-0.2, 0) is 21.7 Å². The van der Waals surface area contributed by atoms with Crippen LogP contribution < -0.4 is 9.80 Å². The van der Waals surface area contributed by atoms with E-state index in [9.17, 15) is 0 Å². The second kappa shape index (κ2) is 13.3. The second-order valence-electron chi connectivity index (χ2n) is 19.4. The highest BCUT2D eigenvalue weighted by Gasteiger charge is 2.39. The van der Waals surface area contributed by atoms with Gasteiger partial charge in [0.15, 0.2) is 0 Å². The number of fused-ring (bicyclic) bond motifs is 5. The number of hydrogen-bond acceptors (Lipinski definition) is 3. The minimum Gasteiger partial charge on any atom is -0.456 e. The molecular weight excluding hydrogens is 716 g/mol. The predicted octanol–water partition coefficient (Wildman–Crippen LogP) is 16.2. The normalized spacial score (nSPS) is 17.6. The van der Waals surface area contributed by atoms with Crippen LogP contribution in [-0.4, -0.2) is 0 Å². The zero-order valence-corrected chi connectivity index (χ0v) is 35.8. The van der Waals surface area contributed by atoms with Gasteiger partial charge in [-0.1, -0.05) is 109 Å². The molecule has 0 atom stereocenters. The van der Waals surface area contributed by atoms with Gasteiger partial charge in [-0.2, -0.15) is 0 Å². The summed E-state index contributed by atoms with van der Waals surface area (Å²) in [6.45, 7) is 21.5. The fraction of sp³-hybridized carbons (Fsp3) is 0.321.